The molecule has 0 bridgehead atoms. The second-order valence-electron chi connectivity index (χ2n) is 5.22. The van der Waals surface area contributed by atoms with Gasteiger partial charge in [-0.1, -0.05) is 6.07 Å². The van der Waals surface area contributed by atoms with Gasteiger partial charge in [0.25, 0.3) is 5.56 Å². The van der Waals surface area contributed by atoms with E-state index < -0.39 is 0 Å². The summed E-state index contributed by atoms with van der Waals surface area (Å²) >= 11 is 0. The molecule has 2 heterocycles. The molecule has 0 unspecified atom stereocenters. The maximum absolute atomic E-state index is 12.3. The zero-order valence-electron chi connectivity index (χ0n) is 13.2. The summed E-state index contributed by atoms with van der Waals surface area (Å²) < 4.78 is 10.5. The van der Waals surface area contributed by atoms with Crippen molar-refractivity contribution in [3.05, 3.63) is 57.9 Å². The normalized spacial score (nSPS) is 10.7. The van der Waals surface area contributed by atoms with Crippen molar-refractivity contribution < 1.29 is 9.47 Å². The maximum atomic E-state index is 12.3. The number of methoxy groups -OCH3 is 2. The lowest BCUT2D eigenvalue weighted by molar-refractivity contribution is 0.355. The fraction of sp³-hybridized carbons (Fsp3) is 0.235. The van der Waals surface area contributed by atoms with Gasteiger partial charge < -0.3 is 14.5 Å². The zero-order chi connectivity index (χ0) is 16.4. The number of hydrogen-bond donors (Lipinski definition) is 1. The van der Waals surface area contributed by atoms with Gasteiger partial charge in [-0.25, -0.2) is 4.98 Å². The molecular formula is C17H17N3O3. The number of aryl methyl sites for hydroxylation is 1. The number of ether oxygens (including phenoxy) is 2. The molecule has 3 aromatic rings. The van der Waals surface area contributed by atoms with Crippen LogP contribution in [0.5, 0.6) is 11.5 Å². The molecule has 0 spiro atoms. The van der Waals surface area contributed by atoms with Gasteiger partial charge in [0.05, 0.1) is 25.1 Å². The van der Waals surface area contributed by atoms with E-state index in [0.717, 1.165) is 11.3 Å². The predicted molar refractivity (Wildman–Crippen MR) is 87.2 cm³/mol. The zero-order valence-corrected chi connectivity index (χ0v) is 13.2. The number of benzene rings is 1. The summed E-state index contributed by atoms with van der Waals surface area (Å²) in [6.07, 6.45) is 2.29. The minimum absolute atomic E-state index is 0.203. The van der Waals surface area contributed by atoms with Gasteiger partial charge >= 0.3 is 0 Å². The molecule has 0 saturated carbocycles. The number of pyridine rings is 1. The van der Waals surface area contributed by atoms with Crippen molar-refractivity contribution in [1.82, 2.24) is 15.0 Å². The Balaban J connectivity index is 2.06. The van der Waals surface area contributed by atoms with Crippen molar-refractivity contribution in [1.29, 1.82) is 0 Å². The van der Waals surface area contributed by atoms with Crippen molar-refractivity contribution in [2.24, 2.45) is 0 Å². The highest BCUT2D eigenvalue weighted by Gasteiger charge is 2.11. The molecule has 0 atom stereocenters. The van der Waals surface area contributed by atoms with E-state index in [-0.39, 0.29) is 5.56 Å². The number of aromatic amines is 1. The van der Waals surface area contributed by atoms with Crippen LogP contribution in [0.4, 0.5) is 0 Å². The monoisotopic (exact) mass is 311 g/mol. The third kappa shape index (κ3) is 3.01. The van der Waals surface area contributed by atoms with Gasteiger partial charge in [-0.2, -0.15) is 0 Å². The van der Waals surface area contributed by atoms with E-state index >= 15 is 0 Å². The summed E-state index contributed by atoms with van der Waals surface area (Å²) in [5.74, 6) is 1.63. The molecule has 1 aromatic carbocycles. The number of nitrogens with one attached hydrogen (secondary N) is 1. The third-order valence-electron chi connectivity index (χ3n) is 3.60. The van der Waals surface area contributed by atoms with E-state index in [4.69, 9.17) is 9.47 Å². The average molecular weight is 311 g/mol. The van der Waals surface area contributed by atoms with Crippen LogP contribution in [-0.2, 0) is 6.42 Å². The SMILES string of the molecule is COc1cc2nc(Cc3ccc(C)nc3)[nH]c(=O)c2cc1OC. The van der Waals surface area contributed by atoms with Crippen LogP contribution in [0.25, 0.3) is 10.9 Å². The summed E-state index contributed by atoms with van der Waals surface area (Å²) in [4.78, 5) is 23.9. The third-order valence-corrected chi connectivity index (χ3v) is 3.60. The minimum atomic E-state index is -0.203. The molecule has 0 saturated heterocycles. The first-order valence-electron chi connectivity index (χ1n) is 7.17. The second-order valence-corrected chi connectivity index (χ2v) is 5.22. The molecule has 6 nitrogen and oxygen atoms in total. The number of rotatable bonds is 4. The van der Waals surface area contributed by atoms with Gasteiger partial charge in [-0.15, -0.1) is 0 Å². The Hall–Kier alpha value is -2.89. The van der Waals surface area contributed by atoms with Crippen LogP contribution < -0.4 is 15.0 Å². The highest BCUT2D eigenvalue weighted by molar-refractivity contribution is 5.81. The van der Waals surface area contributed by atoms with Crippen LogP contribution in [0, 0.1) is 6.92 Å². The van der Waals surface area contributed by atoms with Crippen LogP contribution in [0.15, 0.2) is 35.3 Å². The van der Waals surface area contributed by atoms with Crippen LogP contribution in [0.2, 0.25) is 0 Å². The first-order valence-corrected chi connectivity index (χ1v) is 7.17. The summed E-state index contributed by atoms with van der Waals surface area (Å²) in [6.45, 7) is 1.93. The molecule has 6 heteroatoms. The summed E-state index contributed by atoms with van der Waals surface area (Å²) in [5, 5.41) is 0.466. The molecule has 0 aliphatic rings. The van der Waals surface area contributed by atoms with Gasteiger partial charge in [0.2, 0.25) is 0 Å². The van der Waals surface area contributed by atoms with Crippen molar-refractivity contribution in [3.8, 4) is 11.5 Å². The molecule has 118 valence electrons. The second kappa shape index (κ2) is 6.08. The van der Waals surface area contributed by atoms with Gasteiger partial charge in [-0.3, -0.25) is 9.78 Å². The van der Waals surface area contributed by atoms with Gasteiger partial charge in [0, 0.05) is 24.4 Å². The van der Waals surface area contributed by atoms with E-state index in [1.54, 1.807) is 25.4 Å². The Morgan fingerprint density at radius 1 is 1.13 bits per heavy atom. The van der Waals surface area contributed by atoms with E-state index in [2.05, 4.69) is 15.0 Å². The summed E-state index contributed by atoms with van der Waals surface area (Å²) in [5.41, 5.74) is 2.30. The molecule has 23 heavy (non-hydrogen) atoms. The molecule has 2 aromatic heterocycles. The number of fused-ring (bicyclic) bond motifs is 1. The predicted octanol–water partition coefficient (Wildman–Crippen LogP) is 2.23. The van der Waals surface area contributed by atoms with E-state index in [9.17, 15) is 4.79 Å². The largest absolute Gasteiger partial charge is 0.493 e. The van der Waals surface area contributed by atoms with Crippen LogP contribution in [-0.4, -0.2) is 29.2 Å². The molecule has 0 aliphatic heterocycles. The quantitative estimate of drug-likeness (QED) is 0.799. The number of hydrogen-bond acceptors (Lipinski definition) is 5. The molecule has 0 amide bonds. The van der Waals surface area contributed by atoms with Crippen LogP contribution >= 0.6 is 0 Å². The lowest BCUT2D eigenvalue weighted by Gasteiger charge is -2.09. The Morgan fingerprint density at radius 2 is 1.87 bits per heavy atom. The fourth-order valence-electron chi connectivity index (χ4n) is 2.39. The van der Waals surface area contributed by atoms with E-state index in [1.807, 2.05) is 19.1 Å². The van der Waals surface area contributed by atoms with Crippen molar-refractivity contribution in [3.63, 3.8) is 0 Å². The number of nitrogens with zero attached hydrogens (tertiary/aromatic N) is 2. The van der Waals surface area contributed by atoms with Crippen LogP contribution in [0.1, 0.15) is 17.1 Å². The highest BCUT2D eigenvalue weighted by atomic mass is 16.5. The lowest BCUT2D eigenvalue weighted by atomic mass is 10.1. The van der Waals surface area contributed by atoms with Crippen molar-refractivity contribution in [2.45, 2.75) is 13.3 Å². The molecule has 3 rings (SSSR count). The van der Waals surface area contributed by atoms with E-state index in [0.29, 0.717) is 34.6 Å². The van der Waals surface area contributed by atoms with E-state index in [1.165, 1.54) is 7.11 Å². The number of aromatic nitrogens is 3. The molecule has 1 N–H and O–H groups in total. The number of H-pyrrole nitrogens is 1. The van der Waals surface area contributed by atoms with Gasteiger partial charge in [0.1, 0.15) is 5.82 Å². The lowest BCUT2D eigenvalue weighted by Crippen LogP contribution is -2.12. The van der Waals surface area contributed by atoms with Gasteiger partial charge in [-0.05, 0) is 24.6 Å². The average Bonchev–Trinajstić information content (AvgIpc) is 2.56. The highest BCUT2D eigenvalue weighted by Crippen LogP contribution is 2.29. The first-order chi connectivity index (χ1) is 11.1. The van der Waals surface area contributed by atoms with Gasteiger partial charge in [0.15, 0.2) is 11.5 Å². The smallest absolute Gasteiger partial charge is 0.258 e. The Kier molecular flexibility index (Phi) is 3.97. The minimum Gasteiger partial charge on any atom is -0.493 e. The standard InChI is InChI=1S/C17H17N3O3/c1-10-4-5-11(9-18-10)6-16-19-13-8-15(23-3)14(22-2)7-12(13)17(21)20-16/h4-5,7-9H,6H2,1-3H3,(H,19,20,21). The first kappa shape index (κ1) is 15.0. The Labute approximate surface area is 133 Å². The molecule has 0 radical (unpaired) electrons. The Bertz CT molecular complexity index is 901. The molecule has 0 aliphatic carbocycles. The van der Waals surface area contributed by atoms with Crippen LogP contribution in [0.3, 0.4) is 0 Å². The topological polar surface area (TPSA) is 77.1 Å². The summed E-state index contributed by atoms with van der Waals surface area (Å²) in [6, 6.07) is 7.25. The fourth-order valence-corrected chi connectivity index (χ4v) is 2.39. The van der Waals surface area contributed by atoms with Crippen molar-refractivity contribution in [2.75, 3.05) is 14.2 Å². The molecule has 0 fully saturated rings. The van der Waals surface area contributed by atoms with Crippen molar-refractivity contribution >= 4 is 10.9 Å². The maximum Gasteiger partial charge on any atom is 0.258 e. The Morgan fingerprint density at radius 3 is 2.52 bits per heavy atom. The molecular weight excluding hydrogens is 294 g/mol. The summed E-state index contributed by atoms with van der Waals surface area (Å²) in [7, 11) is 3.08.